The van der Waals surface area contributed by atoms with Crippen molar-refractivity contribution in [2.24, 2.45) is 0 Å². The summed E-state index contributed by atoms with van der Waals surface area (Å²) in [4.78, 5) is 23.8. The predicted molar refractivity (Wildman–Crippen MR) is 106 cm³/mol. The molecule has 2 rings (SSSR count). The van der Waals surface area contributed by atoms with Crippen molar-refractivity contribution in [3.63, 3.8) is 0 Å². The minimum absolute atomic E-state index is 0.00277. The number of carbonyl (C=O) groups excluding carboxylic acids is 2. The summed E-state index contributed by atoms with van der Waals surface area (Å²) in [6.07, 6.45) is 0. The molecule has 3 N–H and O–H groups in total. The zero-order valence-corrected chi connectivity index (χ0v) is 16.3. The molecule has 0 bridgehead atoms. The van der Waals surface area contributed by atoms with Gasteiger partial charge in [0.25, 0.3) is 0 Å². The van der Waals surface area contributed by atoms with Gasteiger partial charge in [-0.15, -0.1) is 0 Å². The monoisotopic (exact) mass is 405 g/mol. The maximum atomic E-state index is 12.3. The fourth-order valence-corrected chi connectivity index (χ4v) is 2.72. The first-order valence-electron chi connectivity index (χ1n) is 9.24. The molecule has 1 atom stereocenters. The topological polar surface area (TPSA) is 79.5 Å². The van der Waals surface area contributed by atoms with Crippen molar-refractivity contribution >= 4 is 11.8 Å². The molecule has 2 aromatic rings. The van der Waals surface area contributed by atoms with E-state index >= 15 is 0 Å². The second kappa shape index (κ2) is 11.1. The normalized spacial score (nSPS) is 11.9. The van der Waals surface area contributed by atoms with Crippen LogP contribution in [0.1, 0.15) is 31.0 Å². The molecule has 0 unspecified atom stereocenters. The van der Waals surface area contributed by atoms with E-state index in [9.17, 15) is 18.4 Å². The molecule has 0 saturated heterocycles. The number of ether oxygens (including phenoxy) is 1. The van der Waals surface area contributed by atoms with Gasteiger partial charge in [-0.25, -0.2) is 0 Å². The van der Waals surface area contributed by atoms with Gasteiger partial charge in [-0.2, -0.15) is 8.78 Å². The van der Waals surface area contributed by atoms with E-state index in [1.807, 2.05) is 44.2 Å². The zero-order chi connectivity index (χ0) is 21.2. The van der Waals surface area contributed by atoms with Gasteiger partial charge in [-0.05, 0) is 37.1 Å². The third kappa shape index (κ3) is 7.87. The smallest absolute Gasteiger partial charge is 0.387 e. The van der Waals surface area contributed by atoms with E-state index in [1.165, 1.54) is 12.1 Å². The summed E-state index contributed by atoms with van der Waals surface area (Å²) in [6, 6.07) is 15.3. The van der Waals surface area contributed by atoms with Gasteiger partial charge in [0.2, 0.25) is 11.8 Å². The summed E-state index contributed by atoms with van der Waals surface area (Å²) in [7, 11) is 0. The van der Waals surface area contributed by atoms with E-state index in [0.717, 1.165) is 11.1 Å². The van der Waals surface area contributed by atoms with Gasteiger partial charge < -0.3 is 15.4 Å². The number of halogens is 2. The Morgan fingerprint density at radius 1 is 0.897 bits per heavy atom. The molecule has 0 aliphatic heterocycles. The number of rotatable bonds is 10. The first kappa shape index (κ1) is 22.3. The van der Waals surface area contributed by atoms with Gasteiger partial charge in [-0.3, -0.25) is 14.9 Å². The van der Waals surface area contributed by atoms with Crippen LogP contribution in [0.4, 0.5) is 8.78 Å². The number of hydrogen-bond acceptors (Lipinski definition) is 4. The lowest BCUT2D eigenvalue weighted by atomic mass is 9.98. The lowest BCUT2D eigenvalue weighted by molar-refractivity contribution is -0.125. The minimum atomic E-state index is -2.89. The number of hydrogen-bond donors (Lipinski definition) is 3. The van der Waals surface area contributed by atoms with Gasteiger partial charge in [0.1, 0.15) is 5.75 Å². The fourth-order valence-electron chi connectivity index (χ4n) is 2.72. The van der Waals surface area contributed by atoms with Gasteiger partial charge >= 0.3 is 6.61 Å². The number of amides is 2. The Labute approximate surface area is 168 Å². The zero-order valence-electron chi connectivity index (χ0n) is 16.3. The minimum Gasteiger partial charge on any atom is -0.435 e. The maximum absolute atomic E-state index is 12.3. The van der Waals surface area contributed by atoms with Crippen molar-refractivity contribution in [1.29, 1.82) is 0 Å². The average Bonchev–Trinajstić information content (AvgIpc) is 2.67. The van der Waals surface area contributed by atoms with Gasteiger partial charge in [0.05, 0.1) is 19.1 Å². The first-order valence-corrected chi connectivity index (χ1v) is 9.24. The summed E-state index contributed by atoms with van der Waals surface area (Å²) < 4.78 is 29.1. The number of carbonyl (C=O) groups is 2. The van der Waals surface area contributed by atoms with Crippen LogP contribution in [0, 0.1) is 0 Å². The van der Waals surface area contributed by atoms with Gasteiger partial charge in [-0.1, -0.05) is 42.5 Å². The van der Waals surface area contributed by atoms with E-state index in [-0.39, 0.29) is 42.7 Å². The van der Waals surface area contributed by atoms with Crippen LogP contribution >= 0.6 is 0 Å². The van der Waals surface area contributed by atoms with E-state index in [1.54, 1.807) is 12.1 Å². The molecule has 0 aliphatic carbocycles. The molecule has 0 saturated carbocycles. The van der Waals surface area contributed by atoms with Crippen LogP contribution in [-0.2, 0) is 9.59 Å². The van der Waals surface area contributed by atoms with Gasteiger partial charge in [0.15, 0.2) is 0 Å². The Balaban J connectivity index is 2.02. The molecule has 0 radical (unpaired) electrons. The quantitative estimate of drug-likeness (QED) is 0.568. The predicted octanol–water partition coefficient (Wildman–Crippen LogP) is 2.61. The molecule has 6 nitrogen and oxygen atoms in total. The molecule has 2 aromatic carbocycles. The second-order valence-corrected chi connectivity index (χ2v) is 6.67. The lowest BCUT2D eigenvalue weighted by Crippen LogP contribution is -2.43. The van der Waals surface area contributed by atoms with E-state index in [2.05, 4.69) is 20.7 Å². The molecule has 0 fully saturated rings. The van der Waals surface area contributed by atoms with Gasteiger partial charge in [0, 0.05) is 6.04 Å². The summed E-state index contributed by atoms with van der Waals surface area (Å²) in [5.74, 6) is -0.533. The Morgan fingerprint density at radius 2 is 1.52 bits per heavy atom. The molecule has 0 aliphatic rings. The number of alkyl halides is 2. The van der Waals surface area contributed by atoms with Crippen molar-refractivity contribution in [3.8, 4) is 5.75 Å². The molecule has 156 valence electrons. The highest BCUT2D eigenvalue weighted by Crippen LogP contribution is 2.24. The Kier molecular flexibility index (Phi) is 8.54. The summed E-state index contributed by atoms with van der Waals surface area (Å²) >= 11 is 0. The van der Waals surface area contributed by atoms with Crippen LogP contribution < -0.4 is 20.7 Å². The van der Waals surface area contributed by atoms with E-state index in [4.69, 9.17) is 0 Å². The highest BCUT2D eigenvalue weighted by Gasteiger charge is 2.16. The van der Waals surface area contributed by atoms with Crippen LogP contribution in [0.2, 0.25) is 0 Å². The first-order chi connectivity index (χ1) is 13.8. The van der Waals surface area contributed by atoms with E-state index < -0.39 is 6.61 Å². The molecular formula is C21H25F2N3O3. The van der Waals surface area contributed by atoms with Crippen molar-refractivity contribution < 1.29 is 23.1 Å². The van der Waals surface area contributed by atoms with Crippen molar-refractivity contribution in [2.45, 2.75) is 32.5 Å². The third-order valence-electron chi connectivity index (χ3n) is 3.93. The molecule has 0 heterocycles. The SMILES string of the molecule is CC(C)NC(=O)CNC(=O)CN[C@@H](c1ccccc1)c1ccc(OC(F)F)cc1. The highest BCUT2D eigenvalue weighted by atomic mass is 19.3. The van der Waals surface area contributed by atoms with Crippen LogP contribution in [0.25, 0.3) is 0 Å². The lowest BCUT2D eigenvalue weighted by Gasteiger charge is -2.20. The van der Waals surface area contributed by atoms with Crippen molar-refractivity contribution in [2.75, 3.05) is 13.1 Å². The Hall–Kier alpha value is -3.00. The Morgan fingerprint density at radius 3 is 2.10 bits per heavy atom. The molecule has 8 heteroatoms. The second-order valence-electron chi connectivity index (χ2n) is 6.67. The van der Waals surface area contributed by atoms with Crippen molar-refractivity contribution in [3.05, 3.63) is 65.7 Å². The highest BCUT2D eigenvalue weighted by molar-refractivity contribution is 5.85. The van der Waals surface area contributed by atoms with E-state index in [0.29, 0.717) is 0 Å². The molecular weight excluding hydrogens is 380 g/mol. The standard InChI is InChI=1S/C21H25F2N3O3/c1-14(2)26-19(28)13-24-18(27)12-25-20(15-6-4-3-5-7-15)16-8-10-17(11-9-16)29-21(22)23/h3-11,14,20-21,25H,12-13H2,1-2H3,(H,24,27)(H,26,28)/t20-/m0/s1. The third-order valence-corrected chi connectivity index (χ3v) is 3.93. The summed E-state index contributed by atoms with van der Waals surface area (Å²) in [5.41, 5.74) is 1.68. The average molecular weight is 405 g/mol. The number of nitrogens with one attached hydrogen (secondary N) is 3. The largest absolute Gasteiger partial charge is 0.435 e. The molecule has 0 aromatic heterocycles. The Bertz CT molecular complexity index is 784. The van der Waals surface area contributed by atoms with Crippen LogP contribution in [-0.4, -0.2) is 37.6 Å². The maximum Gasteiger partial charge on any atom is 0.387 e. The van der Waals surface area contributed by atoms with Crippen LogP contribution in [0.3, 0.4) is 0 Å². The number of benzene rings is 2. The summed E-state index contributed by atoms with van der Waals surface area (Å²) in [6.45, 7) is 0.658. The van der Waals surface area contributed by atoms with Crippen LogP contribution in [0.15, 0.2) is 54.6 Å². The van der Waals surface area contributed by atoms with Crippen LogP contribution in [0.5, 0.6) is 5.75 Å². The molecule has 29 heavy (non-hydrogen) atoms. The summed E-state index contributed by atoms with van der Waals surface area (Å²) in [5, 5.41) is 8.40. The van der Waals surface area contributed by atoms with Crippen molar-refractivity contribution in [1.82, 2.24) is 16.0 Å². The molecule has 2 amide bonds. The molecule has 0 spiro atoms. The fraction of sp³-hybridized carbons (Fsp3) is 0.333.